The van der Waals surface area contributed by atoms with Crippen molar-refractivity contribution in [2.45, 2.75) is 26.8 Å². The van der Waals surface area contributed by atoms with Gasteiger partial charge in [0.1, 0.15) is 5.75 Å². The molecule has 0 saturated carbocycles. The van der Waals surface area contributed by atoms with Gasteiger partial charge < -0.3 is 10.5 Å². The summed E-state index contributed by atoms with van der Waals surface area (Å²) >= 11 is 0. The Labute approximate surface area is 90.2 Å². The second-order valence-corrected chi connectivity index (χ2v) is 3.58. The van der Waals surface area contributed by atoms with Gasteiger partial charge in [0.15, 0.2) is 0 Å². The Bertz CT molecular complexity index is 319. The summed E-state index contributed by atoms with van der Waals surface area (Å²) in [6.45, 7) is 4.32. The van der Waals surface area contributed by atoms with Crippen LogP contribution in [0.25, 0.3) is 0 Å². The highest BCUT2D eigenvalue weighted by Crippen LogP contribution is 2.14. The summed E-state index contributed by atoms with van der Waals surface area (Å²) in [5.41, 5.74) is 6.49. The molecule has 0 amide bonds. The molecule has 1 rings (SSSR count). The van der Waals surface area contributed by atoms with Crippen molar-refractivity contribution < 1.29 is 9.53 Å². The maximum atomic E-state index is 11.5. The number of benzene rings is 1. The van der Waals surface area contributed by atoms with E-state index < -0.39 is 0 Å². The Hall–Kier alpha value is -1.35. The second kappa shape index (κ2) is 5.51. The van der Waals surface area contributed by atoms with E-state index in [1.807, 2.05) is 26.0 Å². The lowest BCUT2D eigenvalue weighted by atomic mass is 10.1. The van der Waals surface area contributed by atoms with Crippen molar-refractivity contribution in [1.29, 1.82) is 0 Å². The SMILES string of the molecule is CCC(C)C(=O)Oc1ccc(CN)cc1. The maximum Gasteiger partial charge on any atom is 0.314 e. The van der Waals surface area contributed by atoms with E-state index in [0.717, 1.165) is 12.0 Å². The molecule has 0 radical (unpaired) electrons. The van der Waals surface area contributed by atoms with E-state index in [0.29, 0.717) is 12.3 Å². The molecule has 0 saturated heterocycles. The molecule has 1 aromatic carbocycles. The number of carbonyl (C=O) groups excluding carboxylic acids is 1. The van der Waals surface area contributed by atoms with Gasteiger partial charge in [0, 0.05) is 6.54 Å². The van der Waals surface area contributed by atoms with E-state index >= 15 is 0 Å². The molecule has 0 aromatic heterocycles. The third-order valence-electron chi connectivity index (χ3n) is 2.39. The first-order valence-electron chi connectivity index (χ1n) is 5.18. The van der Waals surface area contributed by atoms with Crippen LogP contribution in [-0.4, -0.2) is 5.97 Å². The zero-order chi connectivity index (χ0) is 11.3. The highest BCUT2D eigenvalue weighted by Gasteiger charge is 2.12. The van der Waals surface area contributed by atoms with Gasteiger partial charge in [0.2, 0.25) is 0 Å². The van der Waals surface area contributed by atoms with Gasteiger partial charge in [-0.2, -0.15) is 0 Å². The zero-order valence-electron chi connectivity index (χ0n) is 9.19. The predicted molar refractivity (Wildman–Crippen MR) is 59.4 cm³/mol. The molecule has 0 spiro atoms. The summed E-state index contributed by atoms with van der Waals surface area (Å²) in [5, 5.41) is 0. The largest absolute Gasteiger partial charge is 0.426 e. The molecule has 0 bridgehead atoms. The summed E-state index contributed by atoms with van der Waals surface area (Å²) in [4.78, 5) is 11.5. The van der Waals surface area contributed by atoms with Crippen LogP contribution < -0.4 is 10.5 Å². The number of esters is 1. The monoisotopic (exact) mass is 207 g/mol. The van der Waals surface area contributed by atoms with Crippen molar-refractivity contribution in [1.82, 2.24) is 0 Å². The van der Waals surface area contributed by atoms with Crippen LogP contribution in [0.5, 0.6) is 5.75 Å². The minimum absolute atomic E-state index is 0.0563. The van der Waals surface area contributed by atoms with Crippen LogP contribution in [0.2, 0.25) is 0 Å². The lowest BCUT2D eigenvalue weighted by molar-refractivity contribution is -0.138. The highest BCUT2D eigenvalue weighted by atomic mass is 16.5. The normalized spacial score (nSPS) is 12.2. The zero-order valence-corrected chi connectivity index (χ0v) is 9.19. The summed E-state index contributed by atoms with van der Waals surface area (Å²) in [6, 6.07) is 7.25. The number of hydrogen-bond acceptors (Lipinski definition) is 3. The molecule has 3 nitrogen and oxygen atoms in total. The number of carbonyl (C=O) groups is 1. The molecule has 1 unspecified atom stereocenters. The standard InChI is InChI=1S/C12H17NO2/c1-3-9(2)12(14)15-11-6-4-10(8-13)5-7-11/h4-7,9H,3,8,13H2,1-2H3. The first kappa shape index (κ1) is 11.7. The Morgan fingerprint density at radius 3 is 2.47 bits per heavy atom. The first-order valence-corrected chi connectivity index (χ1v) is 5.18. The van der Waals surface area contributed by atoms with Gasteiger partial charge in [0.05, 0.1) is 5.92 Å². The van der Waals surface area contributed by atoms with Crippen LogP contribution >= 0.6 is 0 Å². The Morgan fingerprint density at radius 2 is 2.00 bits per heavy atom. The van der Waals surface area contributed by atoms with Crippen molar-refractivity contribution in [3.8, 4) is 5.75 Å². The third-order valence-corrected chi connectivity index (χ3v) is 2.39. The average molecular weight is 207 g/mol. The minimum atomic E-state index is -0.182. The predicted octanol–water partition coefficient (Wildman–Crippen LogP) is 2.10. The summed E-state index contributed by atoms with van der Waals surface area (Å²) in [6.07, 6.45) is 0.791. The number of ether oxygens (including phenoxy) is 1. The molecule has 3 heteroatoms. The number of rotatable bonds is 4. The van der Waals surface area contributed by atoms with Gasteiger partial charge in [-0.05, 0) is 24.1 Å². The van der Waals surface area contributed by atoms with Gasteiger partial charge in [-0.1, -0.05) is 26.0 Å². The fourth-order valence-corrected chi connectivity index (χ4v) is 1.08. The molecule has 2 N–H and O–H groups in total. The fraction of sp³-hybridized carbons (Fsp3) is 0.417. The van der Waals surface area contributed by atoms with Crippen LogP contribution in [0.3, 0.4) is 0 Å². The lowest BCUT2D eigenvalue weighted by Crippen LogP contribution is -2.16. The van der Waals surface area contributed by atoms with Crippen molar-refractivity contribution in [2.24, 2.45) is 11.7 Å². The van der Waals surface area contributed by atoms with Gasteiger partial charge in [-0.3, -0.25) is 4.79 Å². The summed E-state index contributed by atoms with van der Waals surface area (Å²) in [7, 11) is 0. The van der Waals surface area contributed by atoms with E-state index in [-0.39, 0.29) is 11.9 Å². The fourth-order valence-electron chi connectivity index (χ4n) is 1.08. The molecule has 0 aliphatic heterocycles. The van der Waals surface area contributed by atoms with Gasteiger partial charge in [-0.25, -0.2) is 0 Å². The molecule has 0 aliphatic carbocycles. The quantitative estimate of drug-likeness (QED) is 0.607. The van der Waals surface area contributed by atoms with Crippen LogP contribution in [-0.2, 0) is 11.3 Å². The molecule has 0 aliphatic rings. The molecule has 1 aromatic rings. The first-order chi connectivity index (χ1) is 7.17. The van der Waals surface area contributed by atoms with Crippen molar-refractivity contribution in [2.75, 3.05) is 0 Å². The molecule has 82 valence electrons. The minimum Gasteiger partial charge on any atom is -0.426 e. The maximum absolute atomic E-state index is 11.5. The Morgan fingerprint density at radius 1 is 1.40 bits per heavy atom. The van der Waals surface area contributed by atoms with Gasteiger partial charge >= 0.3 is 5.97 Å². The topological polar surface area (TPSA) is 52.3 Å². The summed E-state index contributed by atoms with van der Waals surface area (Å²) < 4.78 is 5.19. The Balaban J connectivity index is 2.61. The Kier molecular flexibility index (Phi) is 4.31. The molecular formula is C12H17NO2. The van der Waals surface area contributed by atoms with E-state index in [2.05, 4.69) is 0 Å². The smallest absolute Gasteiger partial charge is 0.314 e. The molecule has 1 atom stereocenters. The van der Waals surface area contributed by atoms with Gasteiger partial charge in [-0.15, -0.1) is 0 Å². The summed E-state index contributed by atoms with van der Waals surface area (Å²) in [5.74, 6) is 0.342. The molecule has 0 fully saturated rings. The lowest BCUT2D eigenvalue weighted by Gasteiger charge is -2.08. The van der Waals surface area contributed by atoms with E-state index in [1.54, 1.807) is 12.1 Å². The van der Waals surface area contributed by atoms with Crippen LogP contribution in [0.15, 0.2) is 24.3 Å². The van der Waals surface area contributed by atoms with Crippen LogP contribution in [0, 0.1) is 5.92 Å². The molecule has 0 heterocycles. The number of hydrogen-bond donors (Lipinski definition) is 1. The van der Waals surface area contributed by atoms with E-state index in [9.17, 15) is 4.79 Å². The van der Waals surface area contributed by atoms with E-state index in [1.165, 1.54) is 0 Å². The van der Waals surface area contributed by atoms with Crippen molar-refractivity contribution >= 4 is 5.97 Å². The van der Waals surface area contributed by atoms with E-state index in [4.69, 9.17) is 10.5 Å². The van der Waals surface area contributed by atoms with Crippen molar-refractivity contribution in [3.05, 3.63) is 29.8 Å². The van der Waals surface area contributed by atoms with Crippen LogP contribution in [0.1, 0.15) is 25.8 Å². The van der Waals surface area contributed by atoms with Gasteiger partial charge in [0.25, 0.3) is 0 Å². The number of nitrogens with two attached hydrogens (primary N) is 1. The highest BCUT2D eigenvalue weighted by molar-refractivity contribution is 5.74. The second-order valence-electron chi connectivity index (χ2n) is 3.58. The third kappa shape index (κ3) is 3.36. The molecular weight excluding hydrogens is 190 g/mol. The van der Waals surface area contributed by atoms with Crippen molar-refractivity contribution in [3.63, 3.8) is 0 Å². The average Bonchev–Trinajstić information content (AvgIpc) is 2.29. The molecule has 15 heavy (non-hydrogen) atoms. The van der Waals surface area contributed by atoms with Crippen LogP contribution in [0.4, 0.5) is 0 Å².